The molecule has 0 amide bonds. The summed E-state index contributed by atoms with van der Waals surface area (Å²) in [5.41, 5.74) is 5.15. The van der Waals surface area contributed by atoms with Crippen LogP contribution in [0.4, 0.5) is 0 Å². The van der Waals surface area contributed by atoms with Gasteiger partial charge in [0.05, 0.1) is 11.8 Å². The largest absolute Gasteiger partial charge is 0.410 e. The van der Waals surface area contributed by atoms with Crippen LogP contribution >= 0.6 is 34.2 Å². The highest BCUT2D eigenvalue weighted by Gasteiger charge is 2.44. The summed E-state index contributed by atoms with van der Waals surface area (Å²) in [5, 5.41) is 12.3. The zero-order valence-electron chi connectivity index (χ0n) is 21.5. The number of rotatable bonds is 5. The molecule has 1 heterocycles. The van der Waals surface area contributed by atoms with Crippen LogP contribution in [0.25, 0.3) is 0 Å². The molecule has 3 nitrogen and oxygen atoms in total. The summed E-state index contributed by atoms with van der Waals surface area (Å²) in [6.07, 6.45) is 1.11. The van der Waals surface area contributed by atoms with Gasteiger partial charge in [-0.3, -0.25) is 4.98 Å². The number of hydrogen-bond donors (Lipinski definition) is 1. The second kappa shape index (κ2) is 9.53. The molecular weight excluding hydrogens is 561 g/mol. The van der Waals surface area contributed by atoms with Crippen LogP contribution in [0.5, 0.6) is 0 Å². The molecule has 3 rings (SSSR count). The van der Waals surface area contributed by atoms with Gasteiger partial charge in [0.25, 0.3) is 0 Å². The minimum atomic E-state index is -2.00. The van der Waals surface area contributed by atoms with Gasteiger partial charge in [-0.2, -0.15) is 0 Å². The van der Waals surface area contributed by atoms with Crippen molar-refractivity contribution in [2.45, 2.75) is 97.6 Å². The van der Waals surface area contributed by atoms with E-state index in [-0.39, 0.29) is 22.5 Å². The fraction of sp³-hybridized carbons (Fsp3) is 0.593. The molecule has 1 aliphatic carbocycles. The monoisotopic (exact) mass is 599 g/mol. The summed E-state index contributed by atoms with van der Waals surface area (Å²) in [7, 11) is -2.00. The first-order chi connectivity index (χ1) is 15.0. The average Bonchev–Trinajstić information content (AvgIpc) is 2.65. The Morgan fingerprint density at radius 3 is 2.27 bits per heavy atom. The van der Waals surface area contributed by atoms with Crippen LogP contribution in [-0.2, 0) is 10.8 Å². The van der Waals surface area contributed by atoms with Crippen LogP contribution < -0.4 is 0 Å². The highest BCUT2D eigenvalue weighted by Crippen LogP contribution is 2.50. The van der Waals surface area contributed by atoms with E-state index in [0.717, 1.165) is 38.9 Å². The maximum Gasteiger partial charge on any atom is 0.192 e. The molecule has 2 atom stereocenters. The lowest BCUT2D eigenvalue weighted by Gasteiger charge is -2.44. The molecule has 1 aromatic carbocycles. The van der Waals surface area contributed by atoms with E-state index in [1.165, 1.54) is 5.56 Å². The molecule has 0 spiro atoms. The Morgan fingerprint density at radius 1 is 1.18 bits per heavy atom. The Bertz CT molecular complexity index is 1010. The van der Waals surface area contributed by atoms with Crippen LogP contribution in [0.2, 0.25) is 23.2 Å². The van der Waals surface area contributed by atoms with Crippen LogP contribution in [0.3, 0.4) is 0 Å². The second-order valence-electron chi connectivity index (χ2n) is 12.1. The summed E-state index contributed by atoms with van der Waals surface area (Å²) < 4.78 is 8.14. The topological polar surface area (TPSA) is 42.4 Å². The molecule has 1 N–H and O–H groups in total. The van der Waals surface area contributed by atoms with E-state index in [0.29, 0.717) is 5.02 Å². The van der Waals surface area contributed by atoms with Crippen molar-refractivity contribution in [2.75, 3.05) is 0 Å². The molecule has 0 fully saturated rings. The number of nitrogens with zero attached hydrogens (tertiary/aromatic N) is 1. The van der Waals surface area contributed by atoms with Crippen molar-refractivity contribution in [3.05, 3.63) is 60.9 Å². The highest BCUT2D eigenvalue weighted by molar-refractivity contribution is 14.1. The molecule has 182 valence electrons. The number of aliphatic hydroxyl groups excluding tert-OH is 1. The van der Waals surface area contributed by atoms with Crippen molar-refractivity contribution >= 4 is 42.5 Å². The lowest BCUT2D eigenvalue weighted by molar-refractivity contribution is 0.104. The minimum absolute atomic E-state index is 0.0126. The molecule has 2 unspecified atom stereocenters. The molecule has 33 heavy (non-hydrogen) atoms. The number of halogens is 2. The van der Waals surface area contributed by atoms with E-state index in [2.05, 4.69) is 84.2 Å². The summed E-state index contributed by atoms with van der Waals surface area (Å²) in [6.45, 7) is 20.4. The molecule has 2 aromatic rings. The van der Waals surface area contributed by atoms with E-state index in [1.54, 1.807) is 0 Å². The second-order valence-corrected chi connectivity index (χ2v) is 18.4. The first kappa shape index (κ1) is 27.1. The molecule has 0 saturated heterocycles. The Balaban J connectivity index is 2.21. The summed E-state index contributed by atoms with van der Waals surface area (Å²) >= 11 is 8.55. The predicted octanol–water partition coefficient (Wildman–Crippen LogP) is 8.58. The first-order valence-corrected chi connectivity index (χ1v) is 16.2. The Labute approximate surface area is 220 Å². The van der Waals surface area contributed by atoms with Gasteiger partial charge in [0.1, 0.15) is 6.10 Å². The third-order valence-electron chi connectivity index (χ3n) is 7.27. The number of fused-ring (bicyclic) bond motifs is 1. The normalized spacial score (nSPS) is 19.5. The van der Waals surface area contributed by atoms with Gasteiger partial charge >= 0.3 is 0 Å². The van der Waals surface area contributed by atoms with Gasteiger partial charge in [0.2, 0.25) is 0 Å². The van der Waals surface area contributed by atoms with Gasteiger partial charge in [0.15, 0.2) is 8.32 Å². The summed E-state index contributed by atoms with van der Waals surface area (Å²) in [6, 6.07) is 7.47. The predicted molar refractivity (Wildman–Crippen MR) is 150 cm³/mol. The van der Waals surface area contributed by atoms with Gasteiger partial charge in [0, 0.05) is 25.4 Å². The van der Waals surface area contributed by atoms with Crippen molar-refractivity contribution in [1.82, 2.24) is 4.98 Å². The van der Waals surface area contributed by atoms with Crippen molar-refractivity contribution in [2.24, 2.45) is 5.41 Å². The van der Waals surface area contributed by atoms with Gasteiger partial charge in [-0.15, -0.1) is 0 Å². The summed E-state index contributed by atoms with van der Waals surface area (Å²) in [4.78, 5) is 5.22. The molecule has 0 saturated carbocycles. The van der Waals surface area contributed by atoms with Gasteiger partial charge in [-0.1, -0.05) is 72.2 Å². The minimum Gasteiger partial charge on any atom is -0.410 e. The Kier molecular flexibility index (Phi) is 7.83. The van der Waals surface area contributed by atoms with Crippen LogP contribution in [0.1, 0.15) is 101 Å². The third kappa shape index (κ3) is 5.69. The maximum atomic E-state index is 11.5. The summed E-state index contributed by atoms with van der Waals surface area (Å²) in [5.74, 6) is 0.200. The van der Waals surface area contributed by atoms with Crippen molar-refractivity contribution in [1.29, 1.82) is 0 Å². The quantitative estimate of drug-likeness (QED) is 0.276. The Hall–Kier alpha value is -0.473. The number of aromatic nitrogens is 1. The molecule has 1 aliphatic rings. The maximum absolute atomic E-state index is 11.5. The number of pyridine rings is 1. The fourth-order valence-corrected chi connectivity index (χ4v) is 7.01. The van der Waals surface area contributed by atoms with E-state index >= 15 is 0 Å². The van der Waals surface area contributed by atoms with E-state index in [1.807, 2.05) is 24.3 Å². The Morgan fingerprint density at radius 2 is 1.76 bits per heavy atom. The SMILES string of the molecule is CC(C)c1nc2c(c(I)c1C(O)c1ccc(Cl)cc1)C(O[Si](C)(C)C(C)(C)C)CC(C)(C)C2. The number of hydrogen-bond acceptors (Lipinski definition) is 3. The third-order valence-corrected chi connectivity index (χ3v) is 13.2. The molecular formula is C27H39ClINO2Si. The van der Waals surface area contributed by atoms with E-state index in [4.69, 9.17) is 21.0 Å². The van der Waals surface area contributed by atoms with Crippen molar-refractivity contribution < 1.29 is 9.53 Å². The molecule has 0 bridgehead atoms. The molecule has 6 heteroatoms. The fourth-order valence-electron chi connectivity index (χ4n) is 4.39. The van der Waals surface area contributed by atoms with Crippen LogP contribution in [0, 0.1) is 8.99 Å². The smallest absolute Gasteiger partial charge is 0.192 e. The van der Waals surface area contributed by atoms with E-state index < -0.39 is 14.4 Å². The average molecular weight is 600 g/mol. The van der Waals surface area contributed by atoms with Gasteiger partial charge in [-0.25, -0.2) is 0 Å². The first-order valence-electron chi connectivity index (χ1n) is 11.9. The van der Waals surface area contributed by atoms with Crippen molar-refractivity contribution in [3.63, 3.8) is 0 Å². The molecule has 0 radical (unpaired) electrons. The number of aliphatic hydroxyl groups is 1. The molecule has 1 aromatic heterocycles. The van der Waals surface area contributed by atoms with Crippen LogP contribution in [0.15, 0.2) is 24.3 Å². The van der Waals surface area contributed by atoms with Crippen molar-refractivity contribution in [3.8, 4) is 0 Å². The number of benzene rings is 1. The lowest BCUT2D eigenvalue weighted by atomic mass is 9.74. The molecule has 0 aliphatic heterocycles. The highest BCUT2D eigenvalue weighted by atomic mass is 127. The van der Waals surface area contributed by atoms with E-state index in [9.17, 15) is 5.11 Å². The van der Waals surface area contributed by atoms with Crippen LogP contribution in [-0.4, -0.2) is 18.4 Å². The zero-order valence-corrected chi connectivity index (χ0v) is 25.4. The standard InChI is InChI=1S/C27H39ClINO2Si/c1-16(2)24-22(25(31)17-10-12-18(28)13-11-17)23(29)21-19(30-24)14-27(6,7)15-20(21)32-33(8,9)26(3,4)5/h10-13,16,20,25,31H,14-15H2,1-9H3. The zero-order chi connectivity index (χ0) is 24.9. The lowest BCUT2D eigenvalue weighted by Crippen LogP contribution is -2.44. The van der Waals surface area contributed by atoms with Gasteiger partial charge < -0.3 is 9.53 Å². The van der Waals surface area contributed by atoms with Gasteiger partial charge in [-0.05, 0) is 82.6 Å².